The number of aromatic carboxylic acids is 1. The molecule has 0 fully saturated rings. The predicted octanol–water partition coefficient (Wildman–Crippen LogP) is 4.11. The van der Waals surface area contributed by atoms with Gasteiger partial charge in [-0.2, -0.15) is 0 Å². The summed E-state index contributed by atoms with van der Waals surface area (Å²) in [7, 11) is -1.26. The molecule has 1 N–H and O–H groups in total. The normalized spacial score (nSPS) is 12.5. The number of rotatable bonds is 6. The summed E-state index contributed by atoms with van der Waals surface area (Å²) in [6.45, 7) is 3.99. The quantitative estimate of drug-likeness (QED) is 0.658. The van der Waals surface area contributed by atoms with Gasteiger partial charge in [-0.15, -0.1) is 0 Å². The molecule has 0 amide bonds. The van der Waals surface area contributed by atoms with Crippen LogP contribution in [0.5, 0.6) is 0 Å². The summed E-state index contributed by atoms with van der Waals surface area (Å²) in [5.74, 6) is -0.611. The van der Waals surface area contributed by atoms with Crippen molar-refractivity contribution in [2.24, 2.45) is 0 Å². The van der Waals surface area contributed by atoms with Crippen LogP contribution in [0.25, 0.3) is 21.9 Å². The number of fused-ring (bicyclic) bond motifs is 2. The Morgan fingerprint density at radius 2 is 1.88 bits per heavy atom. The maximum atomic E-state index is 13.0. The lowest BCUT2D eigenvalue weighted by Crippen LogP contribution is -2.08. The third-order valence-electron chi connectivity index (χ3n) is 4.22. The molecule has 5 nitrogen and oxygen atoms in total. The van der Waals surface area contributed by atoms with Crippen molar-refractivity contribution < 1.29 is 18.5 Å². The molecule has 2 aromatic carbocycles. The first kappa shape index (κ1) is 18.3. The van der Waals surface area contributed by atoms with E-state index in [4.69, 9.17) is 9.52 Å². The molecule has 136 valence electrons. The average molecular weight is 372 g/mol. The highest BCUT2D eigenvalue weighted by Gasteiger charge is 2.17. The zero-order valence-corrected chi connectivity index (χ0v) is 15.5. The van der Waals surface area contributed by atoms with Gasteiger partial charge in [0.2, 0.25) is 5.43 Å². The van der Waals surface area contributed by atoms with Crippen molar-refractivity contribution >= 4 is 38.7 Å². The van der Waals surface area contributed by atoms with Gasteiger partial charge in [-0.1, -0.05) is 20.3 Å². The van der Waals surface area contributed by atoms with Crippen molar-refractivity contribution in [1.82, 2.24) is 0 Å². The van der Waals surface area contributed by atoms with Crippen LogP contribution >= 0.6 is 0 Å². The van der Waals surface area contributed by atoms with E-state index in [0.29, 0.717) is 27.2 Å². The van der Waals surface area contributed by atoms with Crippen molar-refractivity contribution in [3.05, 3.63) is 51.7 Å². The summed E-state index contributed by atoms with van der Waals surface area (Å²) in [6, 6.07) is 7.83. The minimum Gasteiger partial charge on any atom is -0.478 e. The van der Waals surface area contributed by atoms with Crippen LogP contribution in [-0.4, -0.2) is 21.0 Å². The highest BCUT2D eigenvalue weighted by molar-refractivity contribution is 7.85. The summed E-state index contributed by atoms with van der Waals surface area (Å²) in [5.41, 5.74) is 1.30. The van der Waals surface area contributed by atoms with Crippen molar-refractivity contribution in [3.63, 3.8) is 0 Å². The van der Waals surface area contributed by atoms with Crippen molar-refractivity contribution in [2.75, 3.05) is 5.75 Å². The lowest BCUT2D eigenvalue weighted by atomic mass is 10.0. The van der Waals surface area contributed by atoms with Gasteiger partial charge in [0.05, 0.1) is 32.0 Å². The smallest absolute Gasteiger partial charge is 0.335 e. The lowest BCUT2D eigenvalue weighted by Gasteiger charge is -2.10. The zero-order valence-electron chi connectivity index (χ0n) is 14.7. The van der Waals surface area contributed by atoms with Crippen LogP contribution in [0.2, 0.25) is 0 Å². The van der Waals surface area contributed by atoms with Gasteiger partial charge in [-0.3, -0.25) is 9.00 Å². The molecule has 0 aliphatic carbocycles. The third-order valence-corrected chi connectivity index (χ3v) is 5.79. The summed E-state index contributed by atoms with van der Waals surface area (Å²) < 4.78 is 18.6. The number of benzene rings is 2. The van der Waals surface area contributed by atoms with Gasteiger partial charge in [0, 0.05) is 5.75 Å². The van der Waals surface area contributed by atoms with Crippen molar-refractivity contribution in [1.29, 1.82) is 0 Å². The second-order valence-electron chi connectivity index (χ2n) is 6.22. The van der Waals surface area contributed by atoms with Crippen molar-refractivity contribution in [3.8, 4) is 0 Å². The van der Waals surface area contributed by atoms with Crippen LogP contribution in [0.3, 0.4) is 0 Å². The average Bonchev–Trinajstić information content (AvgIpc) is 2.62. The molecule has 0 radical (unpaired) electrons. The Morgan fingerprint density at radius 3 is 2.54 bits per heavy atom. The lowest BCUT2D eigenvalue weighted by molar-refractivity contribution is 0.0697. The second-order valence-corrected chi connectivity index (χ2v) is 7.76. The Labute approximate surface area is 153 Å². The van der Waals surface area contributed by atoms with E-state index in [1.807, 2.05) is 19.9 Å². The summed E-state index contributed by atoms with van der Waals surface area (Å²) >= 11 is 0. The topological polar surface area (TPSA) is 84.6 Å². The molecule has 3 aromatic rings. The molecule has 0 bridgehead atoms. The Balaban J connectivity index is 2.38. The summed E-state index contributed by atoms with van der Waals surface area (Å²) in [6.07, 6.45) is 2.41. The van der Waals surface area contributed by atoms with Gasteiger partial charge < -0.3 is 9.52 Å². The standard InChI is InChI=1S/C20H20O5S/c1-3-5-12-9-15-18(21)14-11-13(20(22)23)6-7-16(14)25-19(15)17(10-12)26(24)8-4-2/h6-7,9-11H,3-5,8H2,1-2H3,(H,22,23). The monoisotopic (exact) mass is 372 g/mol. The Kier molecular flexibility index (Phi) is 5.23. The summed E-state index contributed by atoms with van der Waals surface area (Å²) in [4.78, 5) is 24.7. The molecular formula is C20H20O5S. The maximum absolute atomic E-state index is 13.0. The molecule has 0 saturated carbocycles. The first-order chi connectivity index (χ1) is 12.5. The van der Waals surface area contributed by atoms with Crippen LogP contribution < -0.4 is 5.43 Å². The number of hydrogen-bond donors (Lipinski definition) is 1. The molecule has 26 heavy (non-hydrogen) atoms. The highest BCUT2D eigenvalue weighted by atomic mass is 32.2. The number of carboxylic acid groups (broad SMARTS) is 1. The van der Waals surface area contributed by atoms with E-state index in [2.05, 4.69) is 0 Å². The van der Waals surface area contributed by atoms with E-state index in [1.54, 1.807) is 6.07 Å². The van der Waals surface area contributed by atoms with E-state index in [0.717, 1.165) is 24.8 Å². The van der Waals surface area contributed by atoms with Crippen LogP contribution in [0.1, 0.15) is 42.6 Å². The largest absolute Gasteiger partial charge is 0.478 e. The van der Waals surface area contributed by atoms with E-state index in [9.17, 15) is 13.8 Å². The van der Waals surface area contributed by atoms with Gasteiger partial charge in [0.15, 0.2) is 5.58 Å². The minimum absolute atomic E-state index is 0.0312. The molecule has 0 saturated heterocycles. The number of aryl methyl sites for hydroxylation is 1. The molecule has 0 aliphatic rings. The van der Waals surface area contributed by atoms with Gasteiger partial charge in [0.25, 0.3) is 0 Å². The van der Waals surface area contributed by atoms with Crippen molar-refractivity contribution in [2.45, 2.75) is 38.0 Å². The molecule has 3 rings (SSSR count). The predicted molar refractivity (Wildman–Crippen MR) is 103 cm³/mol. The molecule has 6 heteroatoms. The number of carboxylic acids is 1. The molecule has 1 heterocycles. The second kappa shape index (κ2) is 7.41. The van der Waals surface area contributed by atoms with Gasteiger partial charge >= 0.3 is 5.97 Å². The molecule has 1 unspecified atom stereocenters. The SMILES string of the molecule is CCCc1cc(S(=O)CCC)c2oc3ccc(C(=O)O)cc3c(=O)c2c1. The molecular weight excluding hydrogens is 352 g/mol. The third kappa shape index (κ3) is 3.29. The van der Waals surface area contributed by atoms with Crippen LogP contribution in [0.4, 0.5) is 0 Å². The van der Waals surface area contributed by atoms with Crippen LogP contribution in [-0.2, 0) is 17.2 Å². The first-order valence-corrected chi connectivity index (χ1v) is 9.93. The first-order valence-electron chi connectivity index (χ1n) is 8.61. The van der Waals surface area contributed by atoms with Crippen LogP contribution in [0, 0.1) is 0 Å². The van der Waals surface area contributed by atoms with Gasteiger partial charge in [-0.05, 0) is 48.7 Å². The molecule has 0 aliphatic heterocycles. The fourth-order valence-electron chi connectivity index (χ4n) is 3.02. The minimum atomic E-state index is -1.26. The fourth-order valence-corrected chi connectivity index (χ4v) is 4.25. The van der Waals surface area contributed by atoms with Gasteiger partial charge in [-0.25, -0.2) is 4.79 Å². The molecule has 0 spiro atoms. The van der Waals surface area contributed by atoms with Gasteiger partial charge in [0.1, 0.15) is 5.58 Å². The van der Waals surface area contributed by atoms with E-state index in [-0.39, 0.29) is 16.4 Å². The Morgan fingerprint density at radius 1 is 1.12 bits per heavy atom. The molecule has 1 aromatic heterocycles. The molecule has 1 atom stereocenters. The number of hydrogen-bond acceptors (Lipinski definition) is 4. The highest BCUT2D eigenvalue weighted by Crippen LogP contribution is 2.27. The van der Waals surface area contributed by atoms with E-state index in [1.165, 1.54) is 18.2 Å². The van der Waals surface area contributed by atoms with E-state index >= 15 is 0 Å². The van der Waals surface area contributed by atoms with Crippen LogP contribution in [0.15, 0.2) is 44.4 Å². The zero-order chi connectivity index (χ0) is 18.8. The number of carbonyl (C=O) groups is 1. The maximum Gasteiger partial charge on any atom is 0.335 e. The Hall–Kier alpha value is -2.47. The fraction of sp³-hybridized carbons (Fsp3) is 0.300. The summed E-state index contributed by atoms with van der Waals surface area (Å²) in [5, 5.41) is 9.74. The Bertz CT molecular complexity index is 1080. The van der Waals surface area contributed by atoms with E-state index < -0.39 is 16.8 Å².